The van der Waals surface area contributed by atoms with Crippen molar-refractivity contribution in [1.29, 1.82) is 0 Å². The molecule has 51 nitrogen and oxygen atoms in total. The highest BCUT2D eigenvalue weighted by atomic mass is 16.9. The van der Waals surface area contributed by atoms with Crippen molar-refractivity contribution < 1.29 is 232 Å². The van der Waals surface area contributed by atoms with E-state index in [9.17, 15) is 147 Å². The summed E-state index contributed by atoms with van der Waals surface area (Å²) in [6.45, 7) is -3.02. The molecule has 9 heterocycles. The summed E-state index contributed by atoms with van der Waals surface area (Å²) in [5.74, 6) is -7.04. The Labute approximate surface area is 670 Å². The number of amides is 4. The van der Waals surface area contributed by atoms with Gasteiger partial charge in [0.2, 0.25) is 23.6 Å². The lowest BCUT2D eigenvalue weighted by molar-refractivity contribution is -0.424. The van der Waals surface area contributed by atoms with Gasteiger partial charge < -0.3 is 229 Å². The molecule has 0 radical (unpaired) electrons. The van der Waals surface area contributed by atoms with Gasteiger partial charge in [0.25, 0.3) is 6.47 Å². The van der Waals surface area contributed by atoms with Gasteiger partial charge >= 0.3 is 5.97 Å². The maximum absolute atomic E-state index is 13.1. The Morgan fingerprint density at radius 1 is 0.381 bits per heavy atom. The van der Waals surface area contributed by atoms with Gasteiger partial charge in [-0.05, 0) is 6.92 Å². The first kappa shape index (κ1) is 97.5. The zero-order chi connectivity index (χ0) is 87.1. The monoisotopic (exact) mass is 1720 g/mol. The maximum atomic E-state index is 13.1. The molecule has 0 aliphatic carbocycles. The number of aliphatic hydroxyl groups excluding tert-OH is 24. The van der Waals surface area contributed by atoms with E-state index in [0.717, 1.165) is 27.7 Å². The van der Waals surface area contributed by atoms with Crippen molar-refractivity contribution in [2.24, 2.45) is 5.92 Å². The lowest BCUT2D eigenvalue weighted by Gasteiger charge is -2.51. The van der Waals surface area contributed by atoms with Gasteiger partial charge in [-0.15, -0.1) is 0 Å². The second-order valence-electron chi connectivity index (χ2n) is 30.1. The molecule has 9 aliphatic rings. The Balaban J connectivity index is 1.01. The fourth-order valence-electron chi connectivity index (χ4n) is 15.4. The van der Waals surface area contributed by atoms with Crippen molar-refractivity contribution in [3.8, 4) is 0 Å². The van der Waals surface area contributed by atoms with Gasteiger partial charge in [-0.2, -0.15) is 0 Å². The highest BCUT2D eigenvalue weighted by Crippen LogP contribution is 2.42. The van der Waals surface area contributed by atoms with Crippen LogP contribution in [0, 0.1) is 5.92 Å². The number of carbonyl (C=O) groups is 5. The summed E-state index contributed by atoms with van der Waals surface area (Å²) in [6, 6.07) is -6.84. The van der Waals surface area contributed by atoms with Crippen LogP contribution in [0.3, 0.4) is 0 Å². The average Bonchev–Trinajstić information content (AvgIpc) is 0.789. The molecular weight excluding hydrogens is 1610 g/mol. The third kappa shape index (κ3) is 21.8. The highest BCUT2D eigenvalue weighted by molar-refractivity contribution is 5.74. The number of rotatable bonds is 33. The molecule has 118 heavy (non-hydrogen) atoms. The molecule has 0 spiro atoms. The van der Waals surface area contributed by atoms with E-state index in [2.05, 4.69) is 21.3 Å². The molecule has 0 aromatic rings. The SMILES string of the molecule is CC(=O)NC1C(O)[C@H](O[C@@H]2OC(CO[C@]3(OC=O)C[C@H](O)[C@@H](C)C([C@H](O)[C@@H](O)CO)O3)[C@H](O)[C@H](O)C2O)[C@@H](CO)O[C@@H]1OC1[C@H](OCC2O[C@@H](O[C@H]3C(CO)O[C@@H](O[C@H]4C(CO)O[C@@H](C)C(NC(C)=O)[C@H]4O)C(NC(C)=O)[C@H]3O)C(O)[C@@H](O[C@@H]3OC(CO)[C@H](O)C(O)C3O[C@@H]3OC(CO)[C@H](O)[C@H](O)C3NC(C)=O)[C@H]2O)OC(CO)[C@H](O)[C@@H]1O. The van der Waals surface area contributed by atoms with Gasteiger partial charge in [0.15, 0.2) is 44.0 Å². The molecule has 9 rings (SSSR count). The average molecular weight is 1730 g/mol. The summed E-state index contributed by atoms with van der Waals surface area (Å²) in [7, 11) is 0. The number of carbonyl (C=O) groups excluding carboxylic acids is 5. The molecule has 51 heteroatoms. The summed E-state index contributed by atoms with van der Waals surface area (Å²) < 4.78 is 107. The van der Waals surface area contributed by atoms with Crippen LogP contribution >= 0.6 is 0 Å². The molecule has 18 unspecified atom stereocenters. The summed E-state index contributed by atoms with van der Waals surface area (Å²) in [5, 5.41) is 278. The standard InChI is InChI=1S/C67H112N4O47/c1-18-24(84)7-67(103-17-79,118-53(18)38(86)25(85)8-72)102-16-33-42(90)48(96)51(99)63(111-33)113-55-30(13-77)109-62(37(47(55)95)71-23(6)83)116-58-49(97)40(88)27(10-74)106-65(58)101-15-32-43(91)57(115-66-59(50(98)41(89)28(11-75)107-66)117-60-35(69-21(4)81)44(92)39(87)26(9-73)105-60)52(100)64(110-32)114-56-31(14-78)108-61(36(46(56)94)70-22(5)82)112-54-29(12-76)104-19(2)34(45(54)93)68-20(3)80/h17-19,24-66,72-78,84-100H,7-16H2,1-6H3,(H,68,80)(H,69,81)(H,70,82)(H,71,83)/t18-,19+,24+,25+,26?,27?,28?,29?,30-,31?,32?,33?,34?,35?,36?,37?,38-,39+,40+,41+,42+,43+,44-,45-,46-,47?,48+,49+,50?,51?,52?,53?,54+,55-,56+,57+,58?,59?,60+,61+,62-,63+,64+,65-,66+,67+/m1/s1. The minimum atomic E-state index is -2.65. The van der Waals surface area contributed by atoms with Gasteiger partial charge in [0.1, 0.15) is 201 Å². The molecule has 0 aromatic heterocycles. The Hall–Kier alpha value is -4.29. The van der Waals surface area contributed by atoms with Crippen LogP contribution in [-0.2, 0) is 109 Å². The Bertz CT molecular complexity index is 3180. The van der Waals surface area contributed by atoms with Crippen LogP contribution in [0.15, 0.2) is 0 Å². The molecule has 0 aromatic carbocycles. The number of aliphatic hydroxyl groups is 24. The van der Waals surface area contributed by atoms with Crippen molar-refractivity contribution in [3.63, 3.8) is 0 Å². The van der Waals surface area contributed by atoms with Crippen LogP contribution in [-0.4, -0.2) is 488 Å². The van der Waals surface area contributed by atoms with E-state index in [1.807, 2.05) is 0 Å². The van der Waals surface area contributed by atoms with Gasteiger partial charge in [0.05, 0.1) is 90.2 Å². The Morgan fingerprint density at radius 2 is 0.737 bits per heavy atom. The van der Waals surface area contributed by atoms with Crippen molar-refractivity contribution in [1.82, 2.24) is 21.3 Å². The molecule has 682 valence electrons. The first-order valence-electron chi connectivity index (χ1n) is 37.9. The first-order valence-corrected chi connectivity index (χ1v) is 37.9. The van der Waals surface area contributed by atoms with Crippen LogP contribution in [0.25, 0.3) is 0 Å². The van der Waals surface area contributed by atoms with Crippen LogP contribution in [0.1, 0.15) is 48.0 Å². The van der Waals surface area contributed by atoms with Gasteiger partial charge in [-0.3, -0.25) is 24.0 Å². The fraction of sp³-hybridized carbons (Fsp3) is 0.925. The Morgan fingerprint density at radius 3 is 1.19 bits per heavy atom. The summed E-state index contributed by atoms with van der Waals surface area (Å²) in [4.78, 5) is 62.7. The van der Waals surface area contributed by atoms with Crippen molar-refractivity contribution in [2.45, 2.75) is 324 Å². The second kappa shape index (κ2) is 42.6. The lowest BCUT2D eigenvalue weighted by Crippen LogP contribution is -2.70. The van der Waals surface area contributed by atoms with E-state index < -0.39 is 371 Å². The highest BCUT2D eigenvalue weighted by Gasteiger charge is 2.61. The van der Waals surface area contributed by atoms with E-state index in [1.165, 1.54) is 13.8 Å². The molecule has 9 aliphatic heterocycles. The quantitative estimate of drug-likeness (QED) is 0.0214. The number of hydrogen-bond donors (Lipinski definition) is 28. The smallest absolute Gasteiger partial charge is 0.332 e. The van der Waals surface area contributed by atoms with Gasteiger partial charge in [-0.1, -0.05) is 6.92 Å². The minimum absolute atomic E-state index is 0.183. The zero-order valence-corrected chi connectivity index (χ0v) is 64.3. The fourth-order valence-corrected chi connectivity index (χ4v) is 15.4. The first-order chi connectivity index (χ1) is 55.8. The van der Waals surface area contributed by atoms with E-state index in [4.69, 9.17) is 85.3 Å². The number of ether oxygens (including phenoxy) is 18. The van der Waals surface area contributed by atoms with Crippen LogP contribution in [0.5, 0.6) is 0 Å². The Kier molecular flexibility index (Phi) is 35.2. The normalized spacial score (nSPS) is 47.5. The molecular formula is C67H112N4O47. The largest absolute Gasteiger partial charge is 0.410 e. The zero-order valence-electron chi connectivity index (χ0n) is 64.3. The predicted molar refractivity (Wildman–Crippen MR) is 367 cm³/mol. The van der Waals surface area contributed by atoms with E-state index in [-0.39, 0.29) is 6.47 Å². The van der Waals surface area contributed by atoms with Crippen molar-refractivity contribution in [3.05, 3.63) is 0 Å². The molecule has 46 atom stereocenters. The van der Waals surface area contributed by atoms with Crippen molar-refractivity contribution >= 4 is 30.1 Å². The summed E-state index contributed by atoms with van der Waals surface area (Å²) in [5.41, 5.74) is 0. The van der Waals surface area contributed by atoms with Crippen molar-refractivity contribution in [2.75, 3.05) is 59.5 Å². The minimum Gasteiger partial charge on any atom is -0.410 e. The van der Waals surface area contributed by atoms with E-state index in [1.54, 1.807) is 0 Å². The molecule has 9 fully saturated rings. The summed E-state index contributed by atoms with van der Waals surface area (Å²) >= 11 is 0. The predicted octanol–water partition coefficient (Wildman–Crippen LogP) is -18.5. The molecule has 0 bridgehead atoms. The summed E-state index contributed by atoms with van der Waals surface area (Å²) in [6.07, 6.45) is -81.9. The molecule has 9 saturated heterocycles. The molecule has 28 N–H and O–H groups in total. The van der Waals surface area contributed by atoms with Crippen LogP contribution in [0.4, 0.5) is 0 Å². The van der Waals surface area contributed by atoms with E-state index in [0.29, 0.717) is 0 Å². The number of nitrogens with one attached hydrogen (secondary N) is 4. The van der Waals surface area contributed by atoms with Crippen LogP contribution < -0.4 is 21.3 Å². The van der Waals surface area contributed by atoms with Gasteiger partial charge in [-0.25, -0.2) is 0 Å². The number of hydrogen-bond acceptors (Lipinski definition) is 47. The molecule has 4 amide bonds. The van der Waals surface area contributed by atoms with E-state index >= 15 is 0 Å². The third-order valence-corrected chi connectivity index (χ3v) is 21.9. The second-order valence-corrected chi connectivity index (χ2v) is 30.1. The molecule has 0 saturated carbocycles. The van der Waals surface area contributed by atoms with Gasteiger partial charge in [0, 0.05) is 33.6 Å². The topological polar surface area (TPSA) is 785 Å². The van der Waals surface area contributed by atoms with Crippen LogP contribution in [0.2, 0.25) is 0 Å². The third-order valence-electron chi connectivity index (χ3n) is 21.9. The lowest BCUT2D eigenvalue weighted by atomic mass is 9.87. The maximum Gasteiger partial charge on any atom is 0.332 e.